The van der Waals surface area contributed by atoms with E-state index in [9.17, 15) is 0 Å². The lowest BCUT2D eigenvalue weighted by molar-refractivity contribution is -0.968. The molecule has 0 N–H and O–H groups in total. The Morgan fingerprint density at radius 3 is 1.68 bits per heavy atom. The molecule has 9 nitrogen and oxygen atoms in total. The molecule has 11 heteroatoms. The second kappa shape index (κ2) is 10.9. The highest BCUT2D eigenvalue weighted by atomic mass is 35.5. The molecule has 6 rings (SSSR count). The van der Waals surface area contributed by atoms with Gasteiger partial charge in [0.05, 0.1) is 44.5 Å². The predicted octanol–water partition coefficient (Wildman–Crippen LogP) is 5.45. The molecule has 1 aliphatic rings. The van der Waals surface area contributed by atoms with Crippen LogP contribution in [0, 0.1) is 0 Å². The van der Waals surface area contributed by atoms with Gasteiger partial charge >= 0.3 is 0 Å². The summed E-state index contributed by atoms with van der Waals surface area (Å²) in [4.78, 5) is 0. The van der Waals surface area contributed by atoms with E-state index in [1.54, 1.807) is 23.6 Å². The lowest BCUT2D eigenvalue weighted by Gasteiger charge is -2.41. The van der Waals surface area contributed by atoms with Crippen LogP contribution in [-0.2, 0) is 26.1 Å². The first-order valence-electron chi connectivity index (χ1n) is 12.9. The summed E-state index contributed by atoms with van der Waals surface area (Å²) < 4.78 is 15.5. The van der Waals surface area contributed by atoms with Crippen LogP contribution in [0.25, 0.3) is 11.4 Å². The molecule has 0 unspecified atom stereocenters. The molecule has 1 aliphatic heterocycles. The number of ether oxygens (including phenoxy) is 2. The number of rotatable bonds is 8. The number of halogens is 2. The first-order valence-corrected chi connectivity index (χ1v) is 13.6. The Kier molecular flexibility index (Phi) is 7.18. The number of nitrogens with zero attached hydrogens (tertiary/aromatic N) is 7. The smallest absolute Gasteiger partial charge is 0.161 e. The Hall–Kier alpha value is -3.92. The first kappa shape index (κ1) is 26.3. The van der Waals surface area contributed by atoms with E-state index >= 15 is 0 Å². The maximum Gasteiger partial charge on any atom is 0.161 e. The number of hydrogen-bond acceptors (Lipinski definition) is 6. The molecule has 3 aromatic carbocycles. The van der Waals surface area contributed by atoms with Crippen LogP contribution in [0.4, 0.5) is 0 Å². The van der Waals surface area contributed by atoms with Gasteiger partial charge in [-0.15, -0.1) is 10.2 Å². The van der Waals surface area contributed by atoms with Gasteiger partial charge in [0.1, 0.15) is 31.0 Å². The van der Waals surface area contributed by atoms with E-state index in [4.69, 9.17) is 32.7 Å². The van der Waals surface area contributed by atoms with Gasteiger partial charge in [0.25, 0.3) is 0 Å². The molecule has 40 heavy (non-hydrogen) atoms. The van der Waals surface area contributed by atoms with Gasteiger partial charge in [0, 0.05) is 22.0 Å². The maximum absolute atomic E-state index is 6.07. The second-order valence-corrected chi connectivity index (χ2v) is 10.9. The molecular formula is C29H28Cl2N7O2+. The summed E-state index contributed by atoms with van der Waals surface area (Å²) in [5.41, 5.74) is 6.08. The highest BCUT2D eigenvalue weighted by Gasteiger charge is 2.36. The molecule has 0 bridgehead atoms. The van der Waals surface area contributed by atoms with Crippen LogP contribution in [0.5, 0.6) is 11.5 Å². The number of methoxy groups -OCH3 is 2. The summed E-state index contributed by atoms with van der Waals surface area (Å²) in [5, 5.41) is 19.2. The van der Waals surface area contributed by atoms with Gasteiger partial charge in [-0.1, -0.05) is 33.6 Å². The Morgan fingerprint density at radius 1 is 0.725 bits per heavy atom. The average molecular weight is 577 g/mol. The molecule has 3 heterocycles. The monoisotopic (exact) mass is 576 g/mol. The van der Waals surface area contributed by atoms with Gasteiger partial charge < -0.3 is 14.0 Å². The number of benzene rings is 3. The van der Waals surface area contributed by atoms with Crippen molar-refractivity contribution in [3.63, 3.8) is 0 Å². The van der Waals surface area contributed by atoms with E-state index in [1.807, 2.05) is 60.9 Å². The van der Waals surface area contributed by atoms with Crippen LogP contribution >= 0.6 is 23.2 Å². The van der Waals surface area contributed by atoms with Crippen molar-refractivity contribution in [3.8, 4) is 22.9 Å². The summed E-state index contributed by atoms with van der Waals surface area (Å²) in [5.74, 6) is 1.47. The van der Waals surface area contributed by atoms with Gasteiger partial charge in [-0.3, -0.25) is 0 Å². The summed E-state index contributed by atoms with van der Waals surface area (Å²) in [6.45, 7) is 3.02. The Balaban J connectivity index is 1.33. The van der Waals surface area contributed by atoms with Crippen molar-refractivity contribution >= 4 is 23.2 Å². The third kappa shape index (κ3) is 5.40. The third-order valence-electron chi connectivity index (χ3n) is 7.33. The molecule has 0 atom stereocenters. The second-order valence-electron chi connectivity index (χ2n) is 10.0. The summed E-state index contributed by atoms with van der Waals surface area (Å²) in [6, 6.07) is 19.3. The van der Waals surface area contributed by atoms with Crippen molar-refractivity contribution in [2.45, 2.75) is 26.1 Å². The van der Waals surface area contributed by atoms with Gasteiger partial charge in [-0.05, 0) is 66.2 Å². The Bertz CT molecular complexity index is 1550. The lowest BCUT2D eigenvalue weighted by Crippen LogP contribution is -2.49. The van der Waals surface area contributed by atoms with Crippen molar-refractivity contribution in [2.75, 3.05) is 20.8 Å². The molecule has 0 fully saturated rings. The average Bonchev–Trinajstić information content (AvgIpc) is 3.63. The van der Waals surface area contributed by atoms with Crippen LogP contribution in [0.15, 0.2) is 73.1 Å². The van der Waals surface area contributed by atoms with E-state index in [2.05, 4.69) is 32.8 Å². The summed E-state index contributed by atoms with van der Waals surface area (Å²) in [6.07, 6.45) is 4.85. The molecule has 0 amide bonds. The topological polar surface area (TPSA) is 79.9 Å². The lowest BCUT2D eigenvalue weighted by atomic mass is 9.96. The third-order valence-corrected chi connectivity index (χ3v) is 7.83. The minimum atomic E-state index is 0.676. The fourth-order valence-electron chi connectivity index (χ4n) is 5.34. The summed E-state index contributed by atoms with van der Waals surface area (Å²) in [7, 11) is 3.33. The predicted molar refractivity (Wildman–Crippen MR) is 152 cm³/mol. The van der Waals surface area contributed by atoms with E-state index in [0.29, 0.717) is 27.6 Å². The quantitative estimate of drug-likeness (QED) is 0.229. The largest absolute Gasteiger partial charge is 0.493 e. The van der Waals surface area contributed by atoms with Crippen molar-refractivity contribution in [3.05, 3.63) is 106 Å². The van der Waals surface area contributed by atoms with E-state index in [1.165, 1.54) is 11.1 Å². The SMILES string of the molecule is COc1cc2c(cc1OC)C[N+](Cc1cn(-c3ccc(Cl)cc3)nn1)(Cc1cn(-c3ccc(Cl)cc3)nn1)CC2. The molecule has 0 saturated heterocycles. The van der Waals surface area contributed by atoms with Crippen LogP contribution in [0.3, 0.4) is 0 Å². The highest BCUT2D eigenvalue weighted by molar-refractivity contribution is 6.30. The van der Waals surface area contributed by atoms with Gasteiger partial charge in [0.2, 0.25) is 0 Å². The molecule has 0 aliphatic carbocycles. The molecule has 0 spiro atoms. The van der Waals surface area contributed by atoms with Crippen LogP contribution < -0.4 is 9.47 Å². The maximum atomic E-state index is 6.07. The molecule has 204 valence electrons. The van der Waals surface area contributed by atoms with Crippen LogP contribution in [0.2, 0.25) is 10.0 Å². The first-order chi connectivity index (χ1) is 19.4. The highest BCUT2D eigenvalue weighted by Crippen LogP contribution is 2.37. The normalized spacial score (nSPS) is 14.1. The number of fused-ring (bicyclic) bond motifs is 1. The minimum absolute atomic E-state index is 0.676. The van der Waals surface area contributed by atoms with E-state index < -0.39 is 0 Å². The van der Waals surface area contributed by atoms with Crippen LogP contribution in [0.1, 0.15) is 22.5 Å². The number of aromatic nitrogens is 6. The number of quaternary nitrogens is 1. The molecular weight excluding hydrogens is 549 g/mol. The minimum Gasteiger partial charge on any atom is -0.493 e. The zero-order chi connectivity index (χ0) is 27.7. The van der Waals surface area contributed by atoms with Crippen molar-refractivity contribution in [1.29, 1.82) is 0 Å². The fourth-order valence-corrected chi connectivity index (χ4v) is 5.59. The molecule has 0 saturated carbocycles. The van der Waals surface area contributed by atoms with Crippen molar-refractivity contribution in [2.24, 2.45) is 0 Å². The number of hydrogen-bond donors (Lipinski definition) is 0. The standard InChI is InChI=1S/C29H28Cl2N7O2/c1-39-28-13-20-11-12-38(17-21(20)14-29(28)40-2,18-24-15-36(34-32-24)26-7-3-22(30)4-8-26)19-25-16-37(35-33-25)27-9-5-23(31)6-10-27/h3-10,13-16H,11-12,17-19H2,1-2H3/q+1. The fraction of sp³-hybridized carbons (Fsp3) is 0.241. The molecule has 2 aromatic heterocycles. The van der Waals surface area contributed by atoms with Gasteiger partial charge in [-0.2, -0.15) is 0 Å². The van der Waals surface area contributed by atoms with Gasteiger partial charge in [0.15, 0.2) is 11.5 Å². The van der Waals surface area contributed by atoms with Crippen molar-refractivity contribution in [1.82, 2.24) is 30.0 Å². The summed E-state index contributed by atoms with van der Waals surface area (Å²) >= 11 is 12.1. The Morgan fingerprint density at radius 2 is 1.20 bits per heavy atom. The van der Waals surface area contributed by atoms with Gasteiger partial charge in [-0.25, -0.2) is 9.36 Å². The van der Waals surface area contributed by atoms with Crippen molar-refractivity contribution < 1.29 is 14.0 Å². The Labute approximate surface area is 242 Å². The van der Waals surface area contributed by atoms with E-state index in [-0.39, 0.29) is 0 Å². The molecule has 0 radical (unpaired) electrons. The molecule has 5 aromatic rings. The zero-order valence-corrected chi connectivity index (χ0v) is 23.7. The van der Waals surface area contributed by atoms with Crippen LogP contribution in [-0.4, -0.2) is 55.2 Å². The van der Waals surface area contributed by atoms with E-state index in [0.717, 1.165) is 53.8 Å². The zero-order valence-electron chi connectivity index (χ0n) is 22.2.